The van der Waals surface area contributed by atoms with E-state index in [4.69, 9.17) is 4.74 Å². The molecule has 4 heteroatoms. The minimum atomic E-state index is -0.472. The smallest absolute Gasteiger partial charge is 0.410 e. The van der Waals surface area contributed by atoms with Crippen molar-refractivity contribution < 1.29 is 14.6 Å². The van der Waals surface area contributed by atoms with Gasteiger partial charge in [0.15, 0.2) is 0 Å². The summed E-state index contributed by atoms with van der Waals surface area (Å²) in [5.74, 6) is 0.566. The number of aliphatic hydroxyl groups is 1. The number of hydrogen-bond donors (Lipinski definition) is 1. The molecule has 0 aromatic rings. The molecule has 1 N–H and O–H groups in total. The summed E-state index contributed by atoms with van der Waals surface area (Å²) in [7, 11) is 0. The van der Waals surface area contributed by atoms with Gasteiger partial charge in [-0.05, 0) is 39.5 Å². The maximum absolute atomic E-state index is 11.9. The van der Waals surface area contributed by atoms with Crippen molar-refractivity contribution in [3.8, 4) is 0 Å². The summed E-state index contributed by atoms with van der Waals surface area (Å²) >= 11 is 0. The lowest BCUT2D eigenvalue weighted by Gasteiger charge is -2.38. The minimum absolute atomic E-state index is 0.0174. The van der Waals surface area contributed by atoms with Crippen LogP contribution in [0, 0.1) is 5.92 Å². The monoisotopic (exact) mass is 229 g/mol. The van der Waals surface area contributed by atoms with E-state index >= 15 is 0 Å². The van der Waals surface area contributed by atoms with E-state index in [1.165, 1.54) is 0 Å². The first-order chi connectivity index (χ1) is 7.33. The molecule has 1 amide bonds. The van der Waals surface area contributed by atoms with Gasteiger partial charge in [-0.25, -0.2) is 4.79 Å². The molecule has 2 atom stereocenters. The van der Waals surface area contributed by atoms with Crippen LogP contribution < -0.4 is 0 Å². The summed E-state index contributed by atoms with van der Waals surface area (Å²) in [5, 5.41) is 9.28. The van der Waals surface area contributed by atoms with Gasteiger partial charge >= 0.3 is 6.09 Å². The molecule has 0 bridgehead atoms. The predicted molar refractivity (Wildman–Crippen MR) is 62.2 cm³/mol. The van der Waals surface area contributed by atoms with Crippen molar-refractivity contribution in [2.45, 2.75) is 52.2 Å². The number of carbonyl (C=O) groups excluding carboxylic acids is 1. The van der Waals surface area contributed by atoms with Crippen LogP contribution in [-0.4, -0.2) is 40.9 Å². The van der Waals surface area contributed by atoms with Crippen molar-refractivity contribution >= 4 is 6.09 Å². The van der Waals surface area contributed by atoms with Gasteiger partial charge in [0.1, 0.15) is 5.60 Å². The number of aliphatic hydroxyl groups excluding tert-OH is 1. The molecule has 1 fully saturated rings. The molecular formula is C12H23NO3. The molecule has 1 aliphatic heterocycles. The van der Waals surface area contributed by atoms with Gasteiger partial charge in [-0.2, -0.15) is 0 Å². The van der Waals surface area contributed by atoms with E-state index in [2.05, 4.69) is 6.92 Å². The molecule has 0 spiro atoms. The predicted octanol–water partition coefficient (Wildman–Crippen LogP) is 2.01. The van der Waals surface area contributed by atoms with Crippen LogP contribution in [0.25, 0.3) is 0 Å². The summed E-state index contributed by atoms with van der Waals surface area (Å²) in [6, 6.07) is -0.0846. The lowest BCUT2D eigenvalue weighted by Crippen LogP contribution is -2.49. The molecule has 0 aromatic heterocycles. The van der Waals surface area contributed by atoms with Crippen LogP contribution in [0.3, 0.4) is 0 Å². The largest absolute Gasteiger partial charge is 0.444 e. The van der Waals surface area contributed by atoms with Crippen LogP contribution in [0.2, 0.25) is 0 Å². The third-order valence-corrected chi connectivity index (χ3v) is 2.82. The highest BCUT2D eigenvalue weighted by atomic mass is 16.6. The third-order valence-electron chi connectivity index (χ3n) is 2.82. The Morgan fingerprint density at radius 2 is 2.12 bits per heavy atom. The first kappa shape index (κ1) is 13.3. The molecule has 0 saturated carbocycles. The Balaban J connectivity index is 2.60. The maximum Gasteiger partial charge on any atom is 0.410 e. The van der Waals surface area contributed by atoms with Gasteiger partial charge in [0, 0.05) is 6.54 Å². The number of hydrogen-bond acceptors (Lipinski definition) is 3. The fourth-order valence-corrected chi connectivity index (χ4v) is 1.99. The van der Waals surface area contributed by atoms with Crippen molar-refractivity contribution in [3.63, 3.8) is 0 Å². The van der Waals surface area contributed by atoms with E-state index in [9.17, 15) is 9.90 Å². The number of ether oxygens (including phenoxy) is 1. The molecular weight excluding hydrogens is 206 g/mol. The third kappa shape index (κ3) is 3.67. The van der Waals surface area contributed by atoms with E-state index in [0.29, 0.717) is 12.5 Å². The molecule has 1 heterocycles. The van der Waals surface area contributed by atoms with E-state index in [1.807, 2.05) is 20.8 Å². The average molecular weight is 229 g/mol. The molecule has 16 heavy (non-hydrogen) atoms. The molecule has 94 valence electrons. The number of piperidine rings is 1. The van der Waals surface area contributed by atoms with E-state index in [-0.39, 0.29) is 18.7 Å². The van der Waals surface area contributed by atoms with Crippen molar-refractivity contribution in [2.75, 3.05) is 13.2 Å². The molecule has 1 rings (SSSR count). The van der Waals surface area contributed by atoms with Gasteiger partial charge < -0.3 is 14.7 Å². The molecule has 0 unspecified atom stereocenters. The second-order valence-corrected chi connectivity index (χ2v) is 5.64. The van der Waals surface area contributed by atoms with Crippen LogP contribution in [-0.2, 0) is 4.74 Å². The Morgan fingerprint density at radius 1 is 1.50 bits per heavy atom. The average Bonchev–Trinajstić information content (AvgIpc) is 2.14. The lowest BCUT2D eigenvalue weighted by molar-refractivity contribution is -0.00349. The molecule has 0 radical (unpaired) electrons. The number of carbonyl (C=O) groups is 1. The SMILES string of the molecule is C[C@@H]1CCN(C(=O)OC(C)(C)C)[C@@H](CO)C1. The fraction of sp³-hybridized carbons (Fsp3) is 0.917. The van der Waals surface area contributed by atoms with Gasteiger partial charge in [0.2, 0.25) is 0 Å². The number of amides is 1. The molecule has 0 aromatic carbocycles. The zero-order valence-corrected chi connectivity index (χ0v) is 10.7. The lowest BCUT2D eigenvalue weighted by atomic mass is 9.93. The second-order valence-electron chi connectivity index (χ2n) is 5.64. The Bertz CT molecular complexity index is 247. The maximum atomic E-state index is 11.9. The zero-order valence-electron chi connectivity index (χ0n) is 10.7. The molecule has 1 saturated heterocycles. The fourth-order valence-electron chi connectivity index (χ4n) is 1.99. The van der Waals surface area contributed by atoms with E-state index in [0.717, 1.165) is 12.8 Å². The number of likely N-dealkylation sites (tertiary alicyclic amines) is 1. The first-order valence-electron chi connectivity index (χ1n) is 5.94. The normalized spacial score (nSPS) is 26.7. The topological polar surface area (TPSA) is 49.8 Å². The van der Waals surface area contributed by atoms with Gasteiger partial charge in [-0.1, -0.05) is 6.92 Å². The van der Waals surface area contributed by atoms with Crippen LogP contribution in [0.4, 0.5) is 4.79 Å². The summed E-state index contributed by atoms with van der Waals surface area (Å²) in [5.41, 5.74) is -0.472. The van der Waals surface area contributed by atoms with Crippen LogP contribution in [0.5, 0.6) is 0 Å². The van der Waals surface area contributed by atoms with E-state index < -0.39 is 5.60 Å². The summed E-state index contributed by atoms with van der Waals surface area (Å²) in [6.07, 6.45) is 1.53. The summed E-state index contributed by atoms with van der Waals surface area (Å²) in [4.78, 5) is 13.5. The highest BCUT2D eigenvalue weighted by Crippen LogP contribution is 2.24. The Kier molecular flexibility index (Phi) is 4.19. The Hall–Kier alpha value is -0.770. The van der Waals surface area contributed by atoms with E-state index in [1.54, 1.807) is 4.90 Å². The Morgan fingerprint density at radius 3 is 2.62 bits per heavy atom. The highest BCUT2D eigenvalue weighted by Gasteiger charge is 2.32. The second kappa shape index (κ2) is 5.04. The molecule has 4 nitrogen and oxygen atoms in total. The standard InChI is InChI=1S/C12H23NO3/c1-9-5-6-13(10(7-9)8-14)11(15)16-12(2,3)4/h9-10,14H,5-8H2,1-4H3/t9-,10-/m1/s1. The minimum Gasteiger partial charge on any atom is -0.444 e. The molecule has 1 aliphatic rings. The van der Waals surface area contributed by atoms with Gasteiger partial charge in [0.25, 0.3) is 0 Å². The molecule has 0 aliphatic carbocycles. The van der Waals surface area contributed by atoms with Crippen LogP contribution >= 0.6 is 0 Å². The van der Waals surface area contributed by atoms with Crippen molar-refractivity contribution in [1.29, 1.82) is 0 Å². The van der Waals surface area contributed by atoms with Gasteiger partial charge in [0.05, 0.1) is 12.6 Å². The van der Waals surface area contributed by atoms with Crippen LogP contribution in [0.1, 0.15) is 40.5 Å². The first-order valence-corrected chi connectivity index (χ1v) is 5.94. The van der Waals surface area contributed by atoms with Crippen molar-refractivity contribution in [3.05, 3.63) is 0 Å². The number of rotatable bonds is 1. The summed E-state index contributed by atoms with van der Waals surface area (Å²) in [6.45, 7) is 8.41. The number of nitrogens with zero attached hydrogens (tertiary/aromatic N) is 1. The van der Waals surface area contributed by atoms with Crippen LogP contribution in [0.15, 0.2) is 0 Å². The highest BCUT2D eigenvalue weighted by molar-refractivity contribution is 5.68. The Labute approximate surface area is 97.6 Å². The van der Waals surface area contributed by atoms with Gasteiger partial charge in [-0.15, -0.1) is 0 Å². The van der Waals surface area contributed by atoms with Gasteiger partial charge in [-0.3, -0.25) is 0 Å². The zero-order chi connectivity index (χ0) is 12.3. The summed E-state index contributed by atoms with van der Waals surface area (Å²) < 4.78 is 5.32. The quantitative estimate of drug-likeness (QED) is 0.748. The van der Waals surface area contributed by atoms with Crippen molar-refractivity contribution in [2.24, 2.45) is 5.92 Å². The van der Waals surface area contributed by atoms with Crippen molar-refractivity contribution in [1.82, 2.24) is 4.90 Å².